The van der Waals surface area contributed by atoms with E-state index in [1.807, 2.05) is 24.8 Å². The Hall–Kier alpha value is -3.23. The molecule has 168 valence electrons. The fourth-order valence-corrected chi connectivity index (χ4v) is 5.57. The lowest BCUT2D eigenvalue weighted by Gasteiger charge is -2.50. The standard InChI is InChI=1S/C23H27N5O4/c1-3-10-28-21(31)23(20(30)25-22(28)32)13-15-18(26-11-6-4-5-9-16(23)26)24-17-14(2)8-7-12-27(17)19(15)29/h7-8,12,16H,3-6,9-11,13H2,1-2H3,(H,25,30,32)/t16-,23+/m0/s1. The van der Waals surface area contributed by atoms with E-state index in [4.69, 9.17) is 4.98 Å². The molecule has 0 aliphatic carbocycles. The first-order chi connectivity index (χ1) is 15.4. The molecule has 9 heteroatoms. The second-order valence-corrected chi connectivity index (χ2v) is 9.03. The topological polar surface area (TPSA) is 104 Å². The summed E-state index contributed by atoms with van der Waals surface area (Å²) < 4.78 is 1.49. The van der Waals surface area contributed by atoms with Crippen LogP contribution in [0.2, 0.25) is 0 Å². The summed E-state index contributed by atoms with van der Waals surface area (Å²) in [7, 11) is 0. The molecule has 0 bridgehead atoms. The maximum atomic E-state index is 13.8. The van der Waals surface area contributed by atoms with E-state index in [0.717, 1.165) is 29.7 Å². The van der Waals surface area contributed by atoms with Gasteiger partial charge in [-0.15, -0.1) is 0 Å². The zero-order valence-corrected chi connectivity index (χ0v) is 18.4. The Balaban J connectivity index is 1.77. The lowest BCUT2D eigenvalue weighted by Crippen LogP contribution is -2.72. The van der Waals surface area contributed by atoms with Gasteiger partial charge in [-0.2, -0.15) is 0 Å². The first-order valence-corrected chi connectivity index (χ1v) is 11.3. The summed E-state index contributed by atoms with van der Waals surface area (Å²) in [6, 6.07) is 2.56. The van der Waals surface area contributed by atoms with Gasteiger partial charge < -0.3 is 4.90 Å². The molecule has 5 heterocycles. The number of hydrogen-bond donors (Lipinski definition) is 1. The van der Waals surface area contributed by atoms with Crippen LogP contribution in [0.15, 0.2) is 23.1 Å². The van der Waals surface area contributed by atoms with Crippen LogP contribution < -0.4 is 15.8 Å². The average Bonchev–Trinajstić information content (AvgIpc) is 3.03. The van der Waals surface area contributed by atoms with E-state index < -0.39 is 29.3 Å². The molecule has 9 nitrogen and oxygen atoms in total. The van der Waals surface area contributed by atoms with Gasteiger partial charge in [0.1, 0.15) is 11.5 Å². The summed E-state index contributed by atoms with van der Waals surface area (Å²) in [6.45, 7) is 4.62. The number of nitrogens with one attached hydrogen (secondary N) is 1. The summed E-state index contributed by atoms with van der Waals surface area (Å²) in [5, 5.41) is 2.43. The largest absolute Gasteiger partial charge is 0.352 e. The van der Waals surface area contributed by atoms with Crippen LogP contribution in [0.4, 0.5) is 10.6 Å². The number of amides is 4. The maximum absolute atomic E-state index is 13.8. The molecular weight excluding hydrogens is 410 g/mol. The Morgan fingerprint density at radius 2 is 2.00 bits per heavy atom. The Morgan fingerprint density at radius 1 is 1.19 bits per heavy atom. The number of aryl methyl sites for hydroxylation is 1. The minimum absolute atomic E-state index is 0.0512. The van der Waals surface area contributed by atoms with Crippen molar-refractivity contribution in [2.24, 2.45) is 5.41 Å². The van der Waals surface area contributed by atoms with Crippen LogP contribution in [-0.4, -0.2) is 51.3 Å². The number of nitrogens with zero attached hydrogens (tertiary/aromatic N) is 4. The lowest BCUT2D eigenvalue weighted by atomic mass is 9.68. The van der Waals surface area contributed by atoms with Gasteiger partial charge in [-0.3, -0.25) is 29.0 Å². The summed E-state index contributed by atoms with van der Waals surface area (Å²) in [5.74, 6) is -0.526. The van der Waals surface area contributed by atoms with Crippen LogP contribution in [0.3, 0.4) is 0 Å². The number of pyridine rings is 1. The van der Waals surface area contributed by atoms with Crippen LogP contribution in [-0.2, 0) is 16.0 Å². The number of fused-ring (bicyclic) bond motifs is 5. The van der Waals surface area contributed by atoms with Gasteiger partial charge in [0.2, 0.25) is 11.8 Å². The predicted octanol–water partition coefficient (Wildman–Crippen LogP) is 1.78. The third kappa shape index (κ3) is 2.73. The summed E-state index contributed by atoms with van der Waals surface area (Å²) >= 11 is 0. The van der Waals surface area contributed by atoms with Gasteiger partial charge in [0.15, 0.2) is 5.41 Å². The number of imide groups is 2. The molecule has 2 saturated heterocycles. The van der Waals surface area contributed by atoms with E-state index in [0.29, 0.717) is 36.4 Å². The molecule has 4 amide bonds. The normalized spacial score (nSPS) is 25.6. The third-order valence-corrected chi connectivity index (χ3v) is 7.12. The van der Waals surface area contributed by atoms with E-state index in [-0.39, 0.29) is 18.5 Å². The Labute approximate surface area is 185 Å². The zero-order valence-electron chi connectivity index (χ0n) is 18.4. The minimum atomic E-state index is -1.51. The molecule has 5 rings (SSSR count). The highest BCUT2D eigenvalue weighted by molar-refractivity contribution is 6.20. The number of aromatic nitrogens is 2. The SMILES string of the molecule is CCCN1C(=O)NC(=O)[C@]2(Cc3c(nc4c(C)cccn4c3=O)N3CCCCC[C@H]32)C1=O. The fraction of sp³-hybridized carbons (Fsp3) is 0.522. The second kappa shape index (κ2) is 7.43. The van der Waals surface area contributed by atoms with Crippen molar-refractivity contribution in [3.05, 3.63) is 39.8 Å². The smallest absolute Gasteiger partial charge is 0.330 e. The predicted molar refractivity (Wildman–Crippen MR) is 117 cm³/mol. The Morgan fingerprint density at radius 3 is 2.78 bits per heavy atom. The van der Waals surface area contributed by atoms with Gasteiger partial charge in [0.25, 0.3) is 5.56 Å². The molecule has 0 unspecified atom stereocenters. The third-order valence-electron chi connectivity index (χ3n) is 7.12. The molecule has 0 aromatic carbocycles. The van der Waals surface area contributed by atoms with Gasteiger partial charge in [-0.1, -0.05) is 25.8 Å². The summed E-state index contributed by atoms with van der Waals surface area (Å²) in [5.41, 5.74) is 0.0396. The highest BCUT2D eigenvalue weighted by Crippen LogP contribution is 2.45. The van der Waals surface area contributed by atoms with E-state index >= 15 is 0 Å². The Bertz CT molecular complexity index is 1200. The van der Waals surface area contributed by atoms with Crippen molar-refractivity contribution in [1.29, 1.82) is 0 Å². The van der Waals surface area contributed by atoms with Crippen molar-refractivity contribution < 1.29 is 14.4 Å². The number of barbiturate groups is 1. The first-order valence-electron chi connectivity index (χ1n) is 11.3. The molecule has 2 atom stereocenters. The second-order valence-electron chi connectivity index (χ2n) is 9.03. The maximum Gasteiger partial charge on any atom is 0.330 e. The number of hydrogen-bond acceptors (Lipinski definition) is 6. The molecule has 1 spiro atoms. The number of rotatable bonds is 2. The molecule has 32 heavy (non-hydrogen) atoms. The van der Waals surface area contributed by atoms with Crippen molar-refractivity contribution in [3.63, 3.8) is 0 Å². The average molecular weight is 438 g/mol. The van der Waals surface area contributed by atoms with Gasteiger partial charge >= 0.3 is 6.03 Å². The van der Waals surface area contributed by atoms with E-state index in [1.54, 1.807) is 12.3 Å². The quantitative estimate of drug-likeness (QED) is 0.719. The molecule has 2 aromatic rings. The van der Waals surface area contributed by atoms with Crippen LogP contribution >= 0.6 is 0 Å². The summed E-state index contributed by atoms with van der Waals surface area (Å²) in [6.07, 6.45) is 5.54. The molecule has 2 fully saturated rings. The minimum Gasteiger partial charge on any atom is -0.352 e. The molecule has 3 aliphatic rings. The molecule has 0 radical (unpaired) electrons. The van der Waals surface area contributed by atoms with Crippen LogP contribution in [0.5, 0.6) is 0 Å². The highest BCUT2D eigenvalue weighted by Gasteiger charge is 2.62. The van der Waals surface area contributed by atoms with Crippen molar-refractivity contribution in [2.75, 3.05) is 18.0 Å². The highest BCUT2D eigenvalue weighted by atomic mass is 16.2. The molecule has 1 N–H and O–H groups in total. The van der Waals surface area contributed by atoms with Crippen LogP contribution in [0, 0.1) is 12.3 Å². The molecule has 3 aliphatic heterocycles. The van der Waals surface area contributed by atoms with Gasteiger partial charge in [0.05, 0.1) is 11.6 Å². The van der Waals surface area contributed by atoms with E-state index in [9.17, 15) is 19.2 Å². The lowest BCUT2D eigenvalue weighted by molar-refractivity contribution is -0.153. The van der Waals surface area contributed by atoms with E-state index in [2.05, 4.69) is 5.32 Å². The van der Waals surface area contributed by atoms with Gasteiger partial charge in [-0.25, -0.2) is 9.78 Å². The fourth-order valence-electron chi connectivity index (χ4n) is 5.57. The van der Waals surface area contributed by atoms with Crippen molar-refractivity contribution in [3.8, 4) is 0 Å². The van der Waals surface area contributed by atoms with Crippen LogP contribution in [0.25, 0.3) is 5.65 Å². The van der Waals surface area contributed by atoms with Crippen molar-refractivity contribution >= 4 is 29.3 Å². The van der Waals surface area contributed by atoms with E-state index in [1.165, 1.54) is 4.40 Å². The number of urea groups is 1. The Kier molecular flexibility index (Phi) is 4.79. The summed E-state index contributed by atoms with van der Waals surface area (Å²) in [4.78, 5) is 61.3. The first kappa shape index (κ1) is 20.7. The number of carbonyl (C=O) groups excluding carboxylic acids is 3. The van der Waals surface area contributed by atoms with Gasteiger partial charge in [0, 0.05) is 25.7 Å². The molecule has 0 saturated carbocycles. The van der Waals surface area contributed by atoms with Crippen molar-refractivity contribution in [1.82, 2.24) is 19.6 Å². The molecular formula is C23H27N5O4. The molecule has 2 aromatic heterocycles. The zero-order chi connectivity index (χ0) is 22.6. The number of anilines is 1. The monoisotopic (exact) mass is 437 g/mol. The van der Waals surface area contributed by atoms with Crippen molar-refractivity contribution in [2.45, 2.75) is 58.4 Å². The number of carbonyl (C=O) groups is 3. The van der Waals surface area contributed by atoms with Gasteiger partial charge in [-0.05, 0) is 37.8 Å². The van der Waals surface area contributed by atoms with Crippen LogP contribution in [0.1, 0.15) is 50.2 Å².